The Kier molecular flexibility index (Phi) is 7.65. The van der Waals surface area contributed by atoms with Crippen molar-refractivity contribution in [1.82, 2.24) is 15.2 Å². The van der Waals surface area contributed by atoms with Gasteiger partial charge in [0, 0.05) is 38.1 Å². The van der Waals surface area contributed by atoms with Crippen molar-refractivity contribution >= 4 is 11.6 Å². The zero-order chi connectivity index (χ0) is 14.8. The van der Waals surface area contributed by atoms with Crippen LogP contribution in [0.5, 0.6) is 0 Å². The standard InChI is InChI=1S/C15H26N4O/c1-4-8-16-10-11-17-13-7-9-18-14(12-13)15(20)19(5-2)6-3/h7,9,12,16H,4-6,8,10-11H2,1-3H3,(H,17,18). The maximum absolute atomic E-state index is 12.2. The van der Waals surface area contributed by atoms with E-state index >= 15 is 0 Å². The fourth-order valence-electron chi connectivity index (χ4n) is 1.93. The van der Waals surface area contributed by atoms with Gasteiger partial charge in [0.15, 0.2) is 0 Å². The van der Waals surface area contributed by atoms with Crippen molar-refractivity contribution in [2.24, 2.45) is 0 Å². The lowest BCUT2D eigenvalue weighted by Crippen LogP contribution is -2.31. The number of pyridine rings is 1. The molecule has 0 aliphatic rings. The summed E-state index contributed by atoms with van der Waals surface area (Å²) in [5.74, 6) is -0.0113. The zero-order valence-corrected chi connectivity index (χ0v) is 12.8. The Morgan fingerprint density at radius 2 is 1.95 bits per heavy atom. The van der Waals surface area contributed by atoms with Gasteiger partial charge in [-0.05, 0) is 38.9 Å². The van der Waals surface area contributed by atoms with Gasteiger partial charge in [0.2, 0.25) is 0 Å². The van der Waals surface area contributed by atoms with E-state index in [9.17, 15) is 4.79 Å². The Morgan fingerprint density at radius 1 is 1.20 bits per heavy atom. The minimum absolute atomic E-state index is 0.0113. The van der Waals surface area contributed by atoms with Gasteiger partial charge in [-0.2, -0.15) is 0 Å². The quantitative estimate of drug-likeness (QED) is 0.678. The summed E-state index contributed by atoms with van der Waals surface area (Å²) < 4.78 is 0. The molecule has 0 aliphatic carbocycles. The van der Waals surface area contributed by atoms with Crippen molar-refractivity contribution in [3.05, 3.63) is 24.0 Å². The van der Waals surface area contributed by atoms with Gasteiger partial charge in [-0.1, -0.05) is 6.92 Å². The molecule has 1 aromatic rings. The number of carbonyl (C=O) groups excluding carboxylic acids is 1. The van der Waals surface area contributed by atoms with Crippen molar-refractivity contribution in [3.63, 3.8) is 0 Å². The lowest BCUT2D eigenvalue weighted by Gasteiger charge is -2.18. The summed E-state index contributed by atoms with van der Waals surface area (Å²) in [6, 6.07) is 3.71. The number of hydrogen-bond donors (Lipinski definition) is 2. The fourth-order valence-corrected chi connectivity index (χ4v) is 1.93. The van der Waals surface area contributed by atoms with Crippen molar-refractivity contribution in [1.29, 1.82) is 0 Å². The summed E-state index contributed by atoms with van der Waals surface area (Å²) in [5.41, 5.74) is 1.44. The zero-order valence-electron chi connectivity index (χ0n) is 12.8. The predicted molar refractivity (Wildman–Crippen MR) is 83.1 cm³/mol. The molecule has 5 heteroatoms. The lowest BCUT2D eigenvalue weighted by atomic mass is 10.2. The molecule has 0 atom stereocenters. The first kappa shape index (κ1) is 16.4. The number of amides is 1. The van der Waals surface area contributed by atoms with Gasteiger partial charge in [-0.3, -0.25) is 9.78 Å². The number of nitrogens with zero attached hydrogens (tertiary/aromatic N) is 2. The maximum Gasteiger partial charge on any atom is 0.272 e. The molecule has 0 bridgehead atoms. The third-order valence-corrected chi connectivity index (χ3v) is 3.09. The second-order valence-corrected chi connectivity index (χ2v) is 4.58. The second kappa shape index (κ2) is 9.31. The molecule has 5 nitrogen and oxygen atoms in total. The summed E-state index contributed by atoms with van der Waals surface area (Å²) in [4.78, 5) is 18.1. The van der Waals surface area contributed by atoms with Gasteiger partial charge in [0.05, 0.1) is 0 Å². The molecule has 1 heterocycles. The first-order valence-corrected chi connectivity index (χ1v) is 7.42. The summed E-state index contributed by atoms with van der Waals surface area (Å²) >= 11 is 0. The number of aromatic nitrogens is 1. The maximum atomic E-state index is 12.2. The Labute approximate surface area is 121 Å². The van der Waals surface area contributed by atoms with Crippen molar-refractivity contribution in [2.45, 2.75) is 27.2 Å². The predicted octanol–water partition coefficient (Wildman–Crippen LogP) is 1.98. The number of hydrogen-bond acceptors (Lipinski definition) is 4. The van der Waals surface area contributed by atoms with Crippen LogP contribution >= 0.6 is 0 Å². The van der Waals surface area contributed by atoms with E-state index in [4.69, 9.17) is 0 Å². The van der Waals surface area contributed by atoms with Crippen LogP contribution in [-0.2, 0) is 0 Å². The molecule has 1 amide bonds. The van der Waals surface area contributed by atoms with Gasteiger partial charge < -0.3 is 15.5 Å². The number of carbonyl (C=O) groups is 1. The fraction of sp³-hybridized carbons (Fsp3) is 0.600. The number of nitrogens with one attached hydrogen (secondary N) is 2. The highest BCUT2D eigenvalue weighted by Crippen LogP contribution is 2.09. The number of anilines is 1. The van der Waals surface area contributed by atoms with E-state index in [-0.39, 0.29) is 5.91 Å². The van der Waals surface area contributed by atoms with Gasteiger partial charge in [0.25, 0.3) is 5.91 Å². The number of rotatable bonds is 9. The molecule has 0 aromatic carbocycles. The Hall–Kier alpha value is -1.62. The average molecular weight is 278 g/mol. The monoisotopic (exact) mass is 278 g/mol. The molecule has 0 saturated heterocycles. The van der Waals surface area contributed by atoms with Crippen LogP contribution in [0.25, 0.3) is 0 Å². The molecule has 1 aromatic heterocycles. The van der Waals surface area contributed by atoms with Crippen LogP contribution < -0.4 is 10.6 Å². The van der Waals surface area contributed by atoms with Crippen molar-refractivity contribution in [2.75, 3.05) is 38.0 Å². The van der Waals surface area contributed by atoms with E-state index in [1.54, 1.807) is 11.1 Å². The molecule has 0 spiro atoms. The third-order valence-electron chi connectivity index (χ3n) is 3.09. The Bertz CT molecular complexity index is 405. The average Bonchev–Trinajstić information content (AvgIpc) is 2.48. The highest BCUT2D eigenvalue weighted by molar-refractivity contribution is 5.93. The van der Waals surface area contributed by atoms with E-state index < -0.39 is 0 Å². The van der Waals surface area contributed by atoms with E-state index in [1.165, 1.54) is 0 Å². The smallest absolute Gasteiger partial charge is 0.272 e. The highest BCUT2D eigenvalue weighted by atomic mass is 16.2. The van der Waals surface area contributed by atoms with Gasteiger partial charge in [-0.25, -0.2) is 0 Å². The van der Waals surface area contributed by atoms with Crippen LogP contribution in [0.2, 0.25) is 0 Å². The van der Waals surface area contributed by atoms with E-state index in [2.05, 4.69) is 22.5 Å². The van der Waals surface area contributed by atoms with Crippen molar-refractivity contribution in [3.8, 4) is 0 Å². The lowest BCUT2D eigenvalue weighted by molar-refractivity contribution is 0.0767. The molecular weight excluding hydrogens is 252 g/mol. The summed E-state index contributed by atoms with van der Waals surface area (Å²) in [6.07, 6.45) is 2.82. The molecule has 1 rings (SSSR count). The van der Waals surface area contributed by atoms with Gasteiger partial charge in [-0.15, -0.1) is 0 Å². The summed E-state index contributed by atoms with van der Waals surface area (Å²) in [7, 11) is 0. The SMILES string of the molecule is CCCNCCNc1ccnc(C(=O)N(CC)CC)c1. The minimum atomic E-state index is -0.0113. The Morgan fingerprint density at radius 3 is 2.60 bits per heavy atom. The van der Waals surface area contributed by atoms with E-state index in [0.29, 0.717) is 18.8 Å². The highest BCUT2D eigenvalue weighted by Gasteiger charge is 2.13. The molecular formula is C15H26N4O. The van der Waals surface area contributed by atoms with Gasteiger partial charge >= 0.3 is 0 Å². The molecule has 0 unspecified atom stereocenters. The second-order valence-electron chi connectivity index (χ2n) is 4.58. The van der Waals surface area contributed by atoms with E-state index in [0.717, 1.165) is 31.7 Å². The van der Waals surface area contributed by atoms with Crippen LogP contribution in [0, 0.1) is 0 Å². The van der Waals surface area contributed by atoms with Crippen LogP contribution in [0.4, 0.5) is 5.69 Å². The molecule has 0 saturated carbocycles. The van der Waals surface area contributed by atoms with Crippen LogP contribution in [0.3, 0.4) is 0 Å². The Balaban J connectivity index is 2.55. The van der Waals surface area contributed by atoms with E-state index in [1.807, 2.05) is 26.0 Å². The first-order chi connectivity index (χ1) is 9.72. The molecule has 2 N–H and O–H groups in total. The summed E-state index contributed by atoms with van der Waals surface area (Å²) in [6.45, 7) is 10.3. The van der Waals surface area contributed by atoms with Crippen LogP contribution in [0.15, 0.2) is 18.3 Å². The van der Waals surface area contributed by atoms with Crippen molar-refractivity contribution < 1.29 is 4.79 Å². The van der Waals surface area contributed by atoms with Gasteiger partial charge in [0.1, 0.15) is 5.69 Å². The largest absolute Gasteiger partial charge is 0.384 e. The third kappa shape index (κ3) is 5.17. The molecule has 0 fully saturated rings. The molecule has 20 heavy (non-hydrogen) atoms. The molecule has 0 aliphatic heterocycles. The normalized spacial score (nSPS) is 10.3. The first-order valence-electron chi connectivity index (χ1n) is 7.42. The molecule has 112 valence electrons. The summed E-state index contributed by atoms with van der Waals surface area (Å²) in [5, 5.41) is 6.63. The van der Waals surface area contributed by atoms with Crippen LogP contribution in [0.1, 0.15) is 37.7 Å². The minimum Gasteiger partial charge on any atom is -0.384 e. The molecule has 0 radical (unpaired) electrons. The van der Waals surface area contributed by atoms with Crippen LogP contribution in [-0.4, -0.2) is 48.5 Å². The topological polar surface area (TPSA) is 57.3 Å².